The maximum atomic E-state index is 12.8. The van der Waals surface area contributed by atoms with Crippen molar-refractivity contribution in [3.8, 4) is 16.3 Å². The predicted octanol–water partition coefficient (Wildman–Crippen LogP) is 2.82. The number of aromatic nitrogens is 1. The highest BCUT2D eigenvalue weighted by atomic mass is 32.1. The van der Waals surface area contributed by atoms with Gasteiger partial charge in [0.05, 0.1) is 6.10 Å². The second kappa shape index (κ2) is 8.39. The third-order valence-corrected chi connectivity index (χ3v) is 5.18. The van der Waals surface area contributed by atoms with Crippen molar-refractivity contribution in [2.24, 2.45) is 5.73 Å². The van der Waals surface area contributed by atoms with Crippen LogP contribution in [0.1, 0.15) is 30.8 Å². The molecule has 0 radical (unpaired) electrons. The van der Waals surface area contributed by atoms with E-state index in [0.717, 1.165) is 16.3 Å². The molecule has 27 heavy (non-hydrogen) atoms. The first-order valence-electron chi connectivity index (χ1n) is 9.00. The van der Waals surface area contributed by atoms with E-state index in [0.29, 0.717) is 38.3 Å². The highest BCUT2D eigenvalue weighted by molar-refractivity contribution is 7.13. The number of hydrogen-bond donors (Lipinski definition) is 1. The molecular weight excluding hydrogens is 364 g/mol. The van der Waals surface area contributed by atoms with E-state index >= 15 is 0 Å². The lowest BCUT2D eigenvalue weighted by Gasteiger charge is -2.20. The van der Waals surface area contributed by atoms with Crippen LogP contribution in [-0.4, -0.2) is 59.0 Å². The lowest BCUT2D eigenvalue weighted by atomic mass is 10.2. The Morgan fingerprint density at radius 1 is 1.11 bits per heavy atom. The Labute approximate surface area is 162 Å². The Balaban J connectivity index is 1.68. The molecule has 8 heteroatoms. The normalized spacial score (nSPS) is 14.9. The first kappa shape index (κ1) is 19.2. The molecule has 7 nitrogen and oxygen atoms in total. The van der Waals surface area contributed by atoms with Crippen LogP contribution in [0, 0.1) is 0 Å². The zero-order valence-electron chi connectivity index (χ0n) is 15.6. The Hall–Kier alpha value is -2.61. The van der Waals surface area contributed by atoms with E-state index in [4.69, 9.17) is 10.5 Å². The number of primary amides is 1. The van der Waals surface area contributed by atoms with E-state index in [1.54, 1.807) is 15.2 Å². The summed E-state index contributed by atoms with van der Waals surface area (Å²) in [5.74, 6) is 0.703. The summed E-state index contributed by atoms with van der Waals surface area (Å²) in [4.78, 5) is 31.9. The SMILES string of the molecule is CC(C)Oc1ccc(-c2nc(C(=O)N3CCCN(C(N)=O)CC3)cs2)cc1. The molecule has 0 atom stereocenters. The Morgan fingerprint density at radius 2 is 1.78 bits per heavy atom. The van der Waals surface area contributed by atoms with Crippen molar-refractivity contribution < 1.29 is 14.3 Å². The number of nitrogens with two attached hydrogens (primary N) is 1. The van der Waals surface area contributed by atoms with Crippen molar-refractivity contribution >= 4 is 23.3 Å². The van der Waals surface area contributed by atoms with Crippen molar-refractivity contribution in [3.63, 3.8) is 0 Å². The number of amides is 3. The minimum absolute atomic E-state index is 0.108. The standard InChI is InChI=1S/C19H24N4O3S/c1-13(2)26-15-6-4-14(5-7-15)17-21-16(12-27-17)18(24)22-8-3-9-23(11-10-22)19(20)25/h4-7,12-13H,3,8-11H2,1-2H3,(H2,20,25). The van der Waals surface area contributed by atoms with Crippen molar-refractivity contribution in [3.05, 3.63) is 35.3 Å². The number of hydrogen-bond acceptors (Lipinski definition) is 5. The molecular formula is C19H24N4O3S. The van der Waals surface area contributed by atoms with E-state index in [9.17, 15) is 9.59 Å². The number of carbonyl (C=O) groups excluding carboxylic acids is 2. The number of rotatable bonds is 4. The van der Waals surface area contributed by atoms with Gasteiger partial charge in [-0.2, -0.15) is 0 Å². The van der Waals surface area contributed by atoms with Crippen LogP contribution in [0.5, 0.6) is 5.75 Å². The van der Waals surface area contributed by atoms with Crippen molar-refractivity contribution in [1.82, 2.24) is 14.8 Å². The molecule has 3 rings (SSSR count). The Bertz CT molecular complexity index is 804. The van der Waals surface area contributed by atoms with E-state index in [2.05, 4.69) is 4.98 Å². The van der Waals surface area contributed by atoms with Crippen LogP contribution in [-0.2, 0) is 0 Å². The molecule has 1 aliphatic heterocycles. The maximum Gasteiger partial charge on any atom is 0.314 e. The third-order valence-electron chi connectivity index (χ3n) is 4.29. The fraction of sp³-hybridized carbons (Fsp3) is 0.421. The molecule has 0 spiro atoms. The summed E-state index contributed by atoms with van der Waals surface area (Å²) in [6.45, 7) is 6.06. The molecule has 0 aliphatic carbocycles. The van der Waals surface area contributed by atoms with Gasteiger partial charge in [0, 0.05) is 37.1 Å². The van der Waals surface area contributed by atoms with E-state index in [1.807, 2.05) is 38.1 Å². The first-order valence-corrected chi connectivity index (χ1v) is 9.88. The molecule has 1 aliphatic rings. The number of carbonyl (C=O) groups is 2. The van der Waals surface area contributed by atoms with Crippen molar-refractivity contribution in [2.75, 3.05) is 26.2 Å². The fourth-order valence-corrected chi connectivity index (χ4v) is 3.76. The number of nitrogens with zero attached hydrogens (tertiary/aromatic N) is 3. The lowest BCUT2D eigenvalue weighted by Crippen LogP contribution is -2.39. The first-order chi connectivity index (χ1) is 12.9. The quantitative estimate of drug-likeness (QED) is 0.872. The minimum atomic E-state index is -0.440. The van der Waals surface area contributed by atoms with Gasteiger partial charge in [0.15, 0.2) is 0 Å². The fourth-order valence-electron chi connectivity index (χ4n) is 2.96. The van der Waals surface area contributed by atoms with Gasteiger partial charge in [-0.25, -0.2) is 9.78 Å². The largest absolute Gasteiger partial charge is 0.491 e. The van der Waals surface area contributed by atoms with Crippen LogP contribution in [0.15, 0.2) is 29.6 Å². The van der Waals surface area contributed by atoms with Crippen LogP contribution in [0.2, 0.25) is 0 Å². The van der Waals surface area contributed by atoms with Gasteiger partial charge in [0.1, 0.15) is 16.5 Å². The molecule has 3 amide bonds. The van der Waals surface area contributed by atoms with Gasteiger partial charge in [-0.1, -0.05) is 0 Å². The van der Waals surface area contributed by atoms with E-state index < -0.39 is 6.03 Å². The zero-order valence-corrected chi connectivity index (χ0v) is 16.4. The minimum Gasteiger partial charge on any atom is -0.491 e. The number of urea groups is 1. The maximum absolute atomic E-state index is 12.8. The lowest BCUT2D eigenvalue weighted by molar-refractivity contribution is 0.0757. The molecule has 2 aromatic rings. The van der Waals surface area contributed by atoms with Crippen LogP contribution in [0.3, 0.4) is 0 Å². The molecule has 2 N–H and O–H groups in total. The second-order valence-electron chi connectivity index (χ2n) is 6.70. The third kappa shape index (κ3) is 4.77. The highest BCUT2D eigenvalue weighted by Gasteiger charge is 2.23. The summed E-state index contributed by atoms with van der Waals surface area (Å²) in [7, 11) is 0. The van der Waals surface area contributed by atoms with Gasteiger partial charge >= 0.3 is 6.03 Å². The predicted molar refractivity (Wildman–Crippen MR) is 105 cm³/mol. The zero-order chi connectivity index (χ0) is 19.4. The Morgan fingerprint density at radius 3 is 2.44 bits per heavy atom. The van der Waals surface area contributed by atoms with Crippen LogP contribution in [0.4, 0.5) is 4.79 Å². The van der Waals surface area contributed by atoms with E-state index in [-0.39, 0.29) is 12.0 Å². The number of ether oxygens (including phenoxy) is 1. The summed E-state index contributed by atoms with van der Waals surface area (Å²) < 4.78 is 5.65. The Kier molecular flexibility index (Phi) is 5.95. The van der Waals surface area contributed by atoms with Gasteiger partial charge in [-0.3, -0.25) is 4.79 Å². The molecule has 0 saturated carbocycles. The van der Waals surface area contributed by atoms with Crippen LogP contribution < -0.4 is 10.5 Å². The summed E-state index contributed by atoms with van der Waals surface area (Å²) in [6, 6.07) is 7.27. The summed E-state index contributed by atoms with van der Waals surface area (Å²) in [6.07, 6.45) is 0.835. The molecule has 2 heterocycles. The molecule has 1 aromatic carbocycles. The molecule has 1 aromatic heterocycles. The number of benzene rings is 1. The van der Waals surface area contributed by atoms with Gasteiger partial charge in [0.2, 0.25) is 0 Å². The number of thiazole rings is 1. The van der Waals surface area contributed by atoms with Gasteiger partial charge in [-0.05, 0) is 44.5 Å². The molecule has 144 valence electrons. The topological polar surface area (TPSA) is 88.8 Å². The van der Waals surface area contributed by atoms with Gasteiger partial charge in [-0.15, -0.1) is 11.3 Å². The summed E-state index contributed by atoms with van der Waals surface area (Å²) >= 11 is 1.44. The smallest absolute Gasteiger partial charge is 0.314 e. The highest BCUT2D eigenvalue weighted by Crippen LogP contribution is 2.26. The van der Waals surface area contributed by atoms with E-state index in [1.165, 1.54) is 11.3 Å². The van der Waals surface area contributed by atoms with Crippen molar-refractivity contribution in [2.45, 2.75) is 26.4 Å². The van der Waals surface area contributed by atoms with Crippen molar-refractivity contribution in [1.29, 1.82) is 0 Å². The summed E-state index contributed by atoms with van der Waals surface area (Å²) in [5.41, 5.74) is 6.72. The van der Waals surface area contributed by atoms with Crippen LogP contribution >= 0.6 is 11.3 Å². The van der Waals surface area contributed by atoms with Gasteiger partial charge < -0.3 is 20.3 Å². The second-order valence-corrected chi connectivity index (χ2v) is 7.56. The molecule has 1 fully saturated rings. The molecule has 0 bridgehead atoms. The summed E-state index contributed by atoms with van der Waals surface area (Å²) in [5, 5.41) is 2.58. The van der Waals surface area contributed by atoms with Gasteiger partial charge in [0.25, 0.3) is 5.91 Å². The average molecular weight is 388 g/mol. The molecule has 1 saturated heterocycles. The monoisotopic (exact) mass is 388 g/mol. The average Bonchev–Trinajstić information content (AvgIpc) is 2.98. The van der Waals surface area contributed by atoms with Crippen LogP contribution in [0.25, 0.3) is 10.6 Å². The molecule has 0 unspecified atom stereocenters.